The van der Waals surface area contributed by atoms with E-state index in [-0.39, 0.29) is 0 Å². The highest BCUT2D eigenvalue weighted by molar-refractivity contribution is 6.21. The molecule has 1 aromatic heterocycles. The third kappa shape index (κ3) is 4.84. The first-order valence-corrected chi connectivity index (χ1v) is 17.5. The minimum Gasteiger partial charge on any atom is -0.292 e. The topological polar surface area (TPSA) is 17.8 Å². The number of para-hydroxylation sites is 2. The van der Waals surface area contributed by atoms with Crippen molar-refractivity contribution in [3.63, 3.8) is 0 Å². The van der Waals surface area contributed by atoms with Gasteiger partial charge in [-0.25, -0.2) is 4.98 Å². The van der Waals surface area contributed by atoms with E-state index >= 15 is 0 Å². The highest BCUT2D eigenvalue weighted by Crippen LogP contribution is 2.44. The molecule has 0 aliphatic rings. The SMILES string of the molecule is c1ccc(-c2ccccc2-c2nc3ccccc3n2-c2ccc(-c3c4ccccc4c(-c4ccc5ccccc5c4)c4ccccc34)cc2)cc1. The van der Waals surface area contributed by atoms with Crippen LogP contribution in [-0.2, 0) is 0 Å². The van der Waals surface area contributed by atoms with E-state index in [1.54, 1.807) is 0 Å². The first kappa shape index (κ1) is 29.2. The van der Waals surface area contributed by atoms with Gasteiger partial charge in [0.2, 0.25) is 0 Å². The zero-order valence-electron chi connectivity index (χ0n) is 27.9. The van der Waals surface area contributed by atoms with Gasteiger partial charge in [-0.3, -0.25) is 4.57 Å². The van der Waals surface area contributed by atoms with Gasteiger partial charge < -0.3 is 0 Å². The minimum absolute atomic E-state index is 0.930. The molecule has 0 aliphatic heterocycles. The third-order valence-corrected chi connectivity index (χ3v) is 10.2. The largest absolute Gasteiger partial charge is 0.292 e. The molecular formula is C49H32N2. The van der Waals surface area contributed by atoms with Crippen molar-refractivity contribution in [2.75, 3.05) is 0 Å². The number of fused-ring (bicyclic) bond motifs is 4. The highest BCUT2D eigenvalue weighted by Gasteiger charge is 2.20. The van der Waals surface area contributed by atoms with E-state index in [1.165, 1.54) is 60.1 Å². The second kappa shape index (κ2) is 12.0. The van der Waals surface area contributed by atoms with E-state index < -0.39 is 0 Å². The Morgan fingerprint density at radius 3 is 1.59 bits per heavy atom. The molecule has 0 amide bonds. The fourth-order valence-corrected chi connectivity index (χ4v) is 7.89. The van der Waals surface area contributed by atoms with Crippen LogP contribution < -0.4 is 0 Å². The quantitative estimate of drug-likeness (QED) is 0.170. The van der Waals surface area contributed by atoms with Crippen LogP contribution in [0.2, 0.25) is 0 Å². The van der Waals surface area contributed by atoms with Crippen molar-refractivity contribution in [2.45, 2.75) is 0 Å². The van der Waals surface area contributed by atoms with Gasteiger partial charge in [0.15, 0.2) is 0 Å². The Morgan fingerprint density at radius 1 is 0.353 bits per heavy atom. The van der Waals surface area contributed by atoms with Crippen molar-refractivity contribution in [1.82, 2.24) is 9.55 Å². The Labute approximate surface area is 296 Å². The van der Waals surface area contributed by atoms with Crippen LogP contribution in [0.3, 0.4) is 0 Å². The van der Waals surface area contributed by atoms with E-state index in [4.69, 9.17) is 4.98 Å². The van der Waals surface area contributed by atoms with Gasteiger partial charge in [0.25, 0.3) is 0 Å². The number of imidazole rings is 1. The lowest BCUT2D eigenvalue weighted by Gasteiger charge is -2.18. The van der Waals surface area contributed by atoms with E-state index in [2.05, 4.69) is 199 Å². The standard InChI is InChI=1S/C49H32N2/c1-2-15-34(16-3-1)39-18-6-11-23-44(39)49-50-45-24-12-13-25-46(45)51(49)38-30-28-35(29-31-38)47-40-19-7-9-21-42(40)48(43-22-10-8-20-41(43)47)37-27-26-33-14-4-5-17-36(33)32-37/h1-32H. The summed E-state index contributed by atoms with van der Waals surface area (Å²) in [5.41, 5.74) is 11.5. The lowest BCUT2D eigenvalue weighted by molar-refractivity contribution is 1.10. The molecule has 10 aromatic rings. The Hall–Kier alpha value is -6.77. The van der Waals surface area contributed by atoms with Gasteiger partial charge in [0.1, 0.15) is 5.82 Å². The molecule has 0 N–H and O–H groups in total. The van der Waals surface area contributed by atoms with Crippen LogP contribution in [0.4, 0.5) is 0 Å². The average molecular weight is 649 g/mol. The van der Waals surface area contributed by atoms with Crippen molar-refractivity contribution in [3.05, 3.63) is 194 Å². The maximum absolute atomic E-state index is 5.23. The minimum atomic E-state index is 0.930. The fourth-order valence-electron chi connectivity index (χ4n) is 7.89. The summed E-state index contributed by atoms with van der Waals surface area (Å²) in [6.07, 6.45) is 0. The maximum Gasteiger partial charge on any atom is 0.146 e. The summed E-state index contributed by atoms with van der Waals surface area (Å²) in [7, 11) is 0. The van der Waals surface area contributed by atoms with Crippen molar-refractivity contribution >= 4 is 43.4 Å². The number of nitrogens with zero attached hydrogens (tertiary/aromatic N) is 2. The second-order valence-electron chi connectivity index (χ2n) is 13.1. The molecule has 0 bridgehead atoms. The van der Waals surface area contributed by atoms with Crippen LogP contribution >= 0.6 is 0 Å². The first-order chi connectivity index (χ1) is 25.3. The lowest BCUT2D eigenvalue weighted by Crippen LogP contribution is -1.99. The summed E-state index contributed by atoms with van der Waals surface area (Å²) < 4.78 is 2.31. The fraction of sp³-hybridized carbons (Fsp3) is 0. The molecule has 10 rings (SSSR count). The summed E-state index contributed by atoms with van der Waals surface area (Å²) >= 11 is 0. The van der Waals surface area contributed by atoms with Gasteiger partial charge in [0, 0.05) is 11.3 Å². The molecule has 0 fully saturated rings. The van der Waals surface area contributed by atoms with Crippen LogP contribution in [-0.4, -0.2) is 9.55 Å². The lowest BCUT2D eigenvalue weighted by atomic mass is 9.85. The van der Waals surface area contributed by atoms with E-state index in [1.807, 2.05) is 0 Å². The molecule has 1 heterocycles. The van der Waals surface area contributed by atoms with Crippen LogP contribution in [0.5, 0.6) is 0 Å². The Morgan fingerprint density at radius 2 is 0.882 bits per heavy atom. The van der Waals surface area contributed by atoms with Crippen molar-refractivity contribution < 1.29 is 0 Å². The third-order valence-electron chi connectivity index (χ3n) is 10.2. The van der Waals surface area contributed by atoms with Gasteiger partial charge in [-0.15, -0.1) is 0 Å². The van der Waals surface area contributed by atoms with E-state index in [0.717, 1.165) is 33.7 Å². The monoisotopic (exact) mass is 648 g/mol. The molecule has 2 nitrogen and oxygen atoms in total. The smallest absolute Gasteiger partial charge is 0.146 e. The number of aromatic nitrogens is 2. The zero-order valence-corrected chi connectivity index (χ0v) is 27.9. The van der Waals surface area contributed by atoms with Gasteiger partial charge in [0.05, 0.1) is 11.0 Å². The van der Waals surface area contributed by atoms with Crippen molar-refractivity contribution in [2.24, 2.45) is 0 Å². The molecule has 0 spiro atoms. The Balaban J connectivity index is 1.16. The second-order valence-corrected chi connectivity index (χ2v) is 13.1. The van der Waals surface area contributed by atoms with Crippen LogP contribution in [0.15, 0.2) is 194 Å². The summed E-state index contributed by atoms with van der Waals surface area (Å²) in [5, 5.41) is 7.51. The molecule has 238 valence electrons. The van der Waals surface area contributed by atoms with Gasteiger partial charge >= 0.3 is 0 Å². The van der Waals surface area contributed by atoms with Crippen molar-refractivity contribution in [1.29, 1.82) is 0 Å². The molecular weight excluding hydrogens is 617 g/mol. The number of benzene rings is 9. The number of hydrogen-bond donors (Lipinski definition) is 0. The predicted molar refractivity (Wildman–Crippen MR) is 215 cm³/mol. The Bertz CT molecular complexity index is 2840. The molecule has 2 heteroatoms. The van der Waals surface area contributed by atoms with Gasteiger partial charge in [-0.1, -0.05) is 164 Å². The first-order valence-electron chi connectivity index (χ1n) is 17.5. The molecule has 9 aromatic carbocycles. The van der Waals surface area contributed by atoms with Crippen LogP contribution in [0, 0.1) is 0 Å². The summed E-state index contributed by atoms with van der Waals surface area (Å²) in [6.45, 7) is 0. The number of hydrogen-bond acceptors (Lipinski definition) is 1. The molecule has 0 saturated carbocycles. The maximum atomic E-state index is 5.23. The van der Waals surface area contributed by atoms with Gasteiger partial charge in [-0.2, -0.15) is 0 Å². The van der Waals surface area contributed by atoms with Crippen LogP contribution in [0.1, 0.15) is 0 Å². The Kier molecular flexibility index (Phi) is 6.85. The van der Waals surface area contributed by atoms with E-state index in [0.29, 0.717) is 0 Å². The van der Waals surface area contributed by atoms with Crippen LogP contribution in [0.25, 0.3) is 93.8 Å². The molecule has 0 radical (unpaired) electrons. The van der Waals surface area contributed by atoms with Gasteiger partial charge in [-0.05, 0) is 96.0 Å². The molecule has 0 saturated heterocycles. The molecule has 51 heavy (non-hydrogen) atoms. The summed E-state index contributed by atoms with van der Waals surface area (Å²) in [4.78, 5) is 5.23. The number of rotatable bonds is 5. The average Bonchev–Trinajstić information content (AvgIpc) is 3.60. The molecule has 0 unspecified atom stereocenters. The normalized spacial score (nSPS) is 11.5. The molecule has 0 atom stereocenters. The summed E-state index contributed by atoms with van der Waals surface area (Å²) in [6, 6.07) is 69.8. The van der Waals surface area contributed by atoms with Crippen molar-refractivity contribution in [3.8, 4) is 50.5 Å². The predicted octanol–water partition coefficient (Wildman–Crippen LogP) is 13.2. The zero-order chi connectivity index (χ0) is 33.7. The van der Waals surface area contributed by atoms with E-state index in [9.17, 15) is 0 Å². The molecule has 0 aliphatic carbocycles. The summed E-state index contributed by atoms with van der Waals surface area (Å²) in [5.74, 6) is 0.930. The highest BCUT2D eigenvalue weighted by atomic mass is 15.1.